The molecule has 0 aliphatic heterocycles. The molecule has 1 rings (SSSR count). The zero-order valence-corrected chi connectivity index (χ0v) is 29.9. The van der Waals surface area contributed by atoms with Crippen LogP contribution in [0.4, 0.5) is 0 Å². The molecule has 0 spiro atoms. The molecular formula is C41H62N2O4. The van der Waals surface area contributed by atoms with Gasteiger partial charge in [0.15, 0.2) is 0 Å². The third kappa shape index (κ3) is 23.4. The number of aryl methyl sites for hydroxylation is 2. The molecule has 0 saturated heterocycles. The summed E-state index contributed by atoms with van der Waals surface area (Å²) in [4.78, 5) is 24.7. The van der Waals surface area contributed by atoms with E-state index in [0.29, 0.717) is 39.3 Å². The number of ether oxygens (including phenoxy) is 2. The summed E-state index contributed by atoms with van der Waals surface area (Å²) < 4.78 is 11.5. The van der Waals surface area contributed by atoms with Crippen molar-refractivity contribution in [2.45, 2.75) is 98.8 Å². The summed E-state index contributed by atoms with van der Waals surface area (Å²) in [5.74, 6) is 0.936. The summed E-state index contributed by atoms with van der Waals surface area (Å²) in [7, 11) is 0. The van der Waals surface area contributed by atoms with Crippen LogP contribution in [-0.4, -0.2) is 44.7 Å². The van der Waals surface area contributed by atoms with Gasteiger partial charge in [-0.2, -0.15) is 0 Å². The van der Waals surface area contributed by atoms with Crippen molar-refractivity contribution in [2.24, 2.45) is 5.41 Å². The maximum atomic E-state index is 12.6. The Morgan fingerprint density at radius 3 is 1.83 bits per heavy atom. The average molecular weight is 647 g/mol. The number of rotatable bonds is 26. The normalized spacial score (nSPS) is 12.5. The lowest BCUT2D eigenvalue weighted by Crippen LogP contribution is -2.39. The molecule has 0 aliphatic carbocycles. The maximum Gasteiger partial charge on any atom is 0.225 e. The van der Waals surface area contributed by atoms with E-state index in [2.05, 4.69) is 110 Å². The number of hydrogen-bond donors (Lipinski definition) is 2. The minimum Gasteiger partial charge on any atom is -0.493 e. The number of benzene rings is 1. The quantitative estimate of drug-likeness (QED) is 0.0777. The Hall–Kier alpha value is -3.64. The Labute approximate surface area is 286 Å². The van der Waals surface area contributed by atoms with Crippen LogP contribution in [0.2, 0.25) is 0 Å². The highest BCUT2D eigenvalue weighted by Gasteiger charge is 2.26. The molecule has 0 atom stereocenters. The molecule has 47 heavy (non-hydrogen) atoms. The van der Waals surface area contributed by atoms with Gasteiger partial charge in [0.25, 0.3) is 0 Å². The van der Waals surface area contributed by atoms with Crippen molar-refractivity contribution in [3.8, 4) is 5.75 Å². The fourth-order valence-electron chi connectivity index (χ4n) is 4.46. The molecule has 0 radical (unpaired) electrons. The van der Waals surface area contributed by atoms with Crippen LogP contribution in [0.3, 0.4) is 0 Å². The second kappa shape index (κ2) is 27.5. The first-order chi connectivity index (χ1) is 22.8. The lowest BCUT2D eigenvalue weighted by atomic mass is 9.87. The SMILES string of the molecule is CCC=CCC=CCC=CCC=CCC=CCC=CCCC(=O)NCCOCCNC(=O)C(C)(C)CCCOc1cc(C)ccc1C. The second-order valence-electron chi connectivity index (χ2n) is 12.3. The van der Waals surface area contributed by atoms with Crippen molar-refractivity contribution < 1.29 is 19.1 Å². The lowest BCUT2D eigenvalue weighted by molar-refractivity contribution is -0.130. The minimum atomic E-state index is -0.484. The number of nitrogens with one attached hydrogen (secondary N) is 2. The van der Waals surface area contributed by atoms with Gasteiger partial charge in [0.2, 0.25) is 11.8 Å². The van der Waals surface area contributed by atoms with Crippen LogP contribution < -0.4 is 15.4 Å². The smallest absolute Gasteiger partial charge is 0.225 e. The van der Waals surface area contributed by atoms with Crippen LogP contribution in [0.25, 0.3) is 0 Å². The number of carbonyl (C=O) groups is 2. The van der Waals surface area contributed by atoms with Gasteiger partial charge in [-0.1, -0.05) is 106 Å². The Morgan fingerprint density at radius 1 is 0.723 bits per heavy atom. The van der Waals surface area contributed by atoms with Gasteiger partial charge in [0.1, 0.15) is 5.75 Å². The first-order valence-corrected chi connectivity index (χ1v) is 17.5. The highest BCUT2D eigenvalue weighted by Crippen LogP contribution is 2.24. The van der Waals surface area contributed by atoms with Crippen LogP contribution in [0, 0.1) is 19.3 Å². The summed E-state index contributed by atoms with van der Waals surface area (Å²) in [5.41, 5.74) is 1.81. The zero-order chi connectivity index (χ0) is 34.4. The fraction of sp³-hybridized carbons (Fsp3) is 0.512. The lowest BCUT2D eigenvalue weighted by Gasteiger charge is -2.23. The predicted octanol–water partition coefficient (Wildman–Crippen LogP) is 9.22. The monoisotopic (exact) mass is 646 g/mol. The van der Waals surface area contributed by atoms with E-state index in [0.717, 1.165) is 69.1 Å². The Kier molecular flexibility index (Phi) is 24.2. The summed E-state index contributed by atoms with van der Waals surface area (Å²) in [6.45, 7) is 12.5. The first-order valence-electron chi connectivity index (χ1n) is 17.5. The first kappa shape index (κ1) is 41.4. The largest absolute Gasteiger partial charge is 0.493 e. The van der Waals surface area contributed by atoms with Gasteiger partial charge < -0.3 is 20.1 Å². The van der Waals surface area contributed by atoms with E-state index in [9.17, 15) is 9.59 Å². The van der Waals surface area contributed by atoms with Crippen LogP contribution in [0.1, 0.15) is 96.1 Å². The maximum absolute atomic E-state index is 12.6. The highest BCUT2D eigenvalue weighted by molar-refractivity contribution is 5.81. The standard InChI is InChI=1S/C41H62N2O4/c1-6-7-8-9-10-11-12-13-14-15-16-17-18-19-20-21-22-23-24-26-39(44)42-30-33-46-34-31-43-40(45)41(4,5)29-25-32-47-38-35-36(2)27-28-37(38)3/h7-8,10-11,13-14,16-17,19-20,22-23,27-28,35H,6,9,12,15,18,21,24-26,29-34H2,1-5H3,(H,42,44)(H,43,45). The van der Waals surface area contributed by atoms with Gasteiger partial charge >= 0.3 is 0 Å². The van der Waals surface area contributed by atoms with E-state index in [1.807, 2.05) is 26.8 Å². The number of hydrogen-bond acceptors (Lipinski definition) is 4. The molecular weight excluding hydrogens is 584 g/mol. The molecule has 1 aromatic rings. The van der Waals surface area contributed by atoms with Gasteiger partial charge in [-0.3, -0.25) is 9.59 Å². The van der Waals surface area contributed by atoms with Crippen LogP contribution >= 0.6 is 0 Å². The number of allylic oxidation sites excluding steroid dienone is 12. The number of carbonyl (C=O) groups excluding carboxylic acids is 2. The van der Waals surface area contributed by atoms with E-state index in [1.54, 1.807) is 0 Å². The summed E-state index contributed by atoms with van der Waals surface area (Å²) in [6.07, 6.45) is 34.7. The van der Waals surface area contributed by atoms with E-state index in [-0.39, 0.29) is 11.8 Å². The average Bonchev–Trinajstić information content (AvgIpc) is 3.05. The van der Waals surface area contributed by atoms with E-state index in [1.165, 1.54) is 5.56 Å². The Morgan fingerprint density at radius 2 is 1.26 bits per heavy atom. The molecule has 1 aromatic carbocycles. The Balaban J connectivity index is 1.99. The van der Waals surface area contributed by atoms with Crippen LogP contribution in [-0.2, 0) is 14.3 Å². The van der Waals surface area contributed by atoms with Crippen molar-refractivity contribution in [3.63, 3.8) is 0 Å². The van der Waals surface area contributed by atoms with Crippen molar-refractivity contribution in [3.05, 3.63) is 102 Å². The zero-order valence-electron chi connectivity index (χ0n) is 29.9. The van der Waals surface area contributed by atoms with Crippen molar-refractivity contribution >= 4 is 11.8 Å². The van der Waals surface area contributed by atoms with E-state index >= 15 is 0 Å². The molecule has 6 nitrogen and oxygen atoms in total. The molecule has 0 aliphatic rings. The van der Waals surface area contributed by atoms with Gasteiger partial charge in [-0.25, -0.2) is 0 Å². The molecule has 0 bridgehead atoms. The van der Waals surface area contributed by atoms with Crippen molar-refractivity contribution in [2.75, 3.05) is 32.9 Å². The summed E-state index contributed by atoms with van der Waals surface area (Å²) in [5, 5.41) is 5.84. The molecule has 0 saturated carbocycles. The molecule has 0 heterocycles. The molecule has 0 unspecified atom stereocenters. The number of amides is 2. The fourth-order valence-corrected chi connectivity index (χ4v) is 4.46. The molecule has 0 fully saturated rings. The van der Waals surface area contributed by atoms with Gasteiger partial charge in [0.05, 0.1) is 19.8 Å². The topological polar surface area (TPSA) is 76.7 Å². The van der Waals surface area contributed by atoms with Crippen molar-refractivity contribution in [1.82, 2.24) is 10.6 Å². The molecule has 260 valence electrons. The third-order valence-corrected chi connectivity index (χ3v) is 7.40. The van der Waals surface area contributed by atoms with Crippen LogP contribution in [0.15, 0.2) is 91.1 Å². The van der Waals surface area contributed by atoms with Gasteiger partial charge in [-0.15, -0.1) is 0 Å². The Bertz CT molecular complexity index is 1170. The molecule has 6 heteroatoms. The van der Waals surface area contributed by atoms with Gasteiger partial charge in [-0.05, 0) is 88.8 Å². The predicted molar refractivity (Wildman–Crippen MR) is 199 cm³/mol. The van der Waals surface area contributed by atoms with E-state index < -0.39 is 5.41 Å². The van der Waals surface area contributed by atoms with Gasteiger partial charge in [0, 0.05) is 24.9 Å². The summed E-state index contributed by atoms with van der Waals surface area (Å²) in [6, 6.07) is 6.19. The van der Waals surface area contributed by atoms with E-state index in [4.69, 9.17) is 9.47 Å². The third-order valence-electron chi connectivity index (χ3n) is 7.40. The molecule has 2 amide bonds. The van der Waals surface area contributed by atoms with Crippen LogP contribution in [0.5, 0.6) is 5.75 Å². The second-order valence-corrected chi connectivity index (χ2v) is 12.3. The van der Waals surface area contributed by atoms with Crippen molar-refractivity contribution in [1.29, 1.82) is 0 Å². The highest BCUT2D eigenvalue weighted by atomic mass is 16.5. The minimum absolute atomic E-state index is 0.00976. The summed E-state index contributed by atoms with van der Waals surface area (Å²) >= 11 is 0. The molecule has 2 N–H and O–H groups in total. The molecule has 0 aromatic heterocycles.